The molecule has 0 aliphatic carbocycles. The lowest BCUT2D eigenvalue weighted by atomic mass is 10.1. The summed E-state index contributed by atoms with van der Waals surface area (Å²) in [6, 6.07) is 8.18. The number of aromatic hydroxyl groups is 1. The van der Waals surface area contributed by atoms with E-state index < -0.39 is 28.2 Å². The van der Waals surface area contributed by atoms with Crippen molar-refractivity contribution in [3.63, 3.8) is 0 Å². The fourth-order valence-electron chi connectivity index (χ4n) is 2.85. The van der Waals surface area contributed by atoms with Gasteiger partial charge in [-0.3, -0.25) is 14.7 Å². The number of halogens is 3. The lowest BCUT2D eigenvalue weighted by Gasteiger charge is -2.08. The van der Waals surface area contributed by atoms with Crippen molar-refractivity contribution in [3.8, 4) is 11.6 Å². The van der Waals surface area contributed by atoms with Crippen molar-refractivity contribution in [1.29, 1.82) is 0 Å². The van der Waals surface area contributed by atoms with Gasteiger partial charge in [0.25, 0.3) is 5.69 Å². The second kappa shape index (κ2) is 6.87. The zero-order valence-corrected chi connectivity index (χ0v) is 14.5. The Kier molecular flexibility index (Phi) is 4.72. The van der Waals surface area contributed by atoms with Crippen molar-refractivity contribution in [2.75, 3.05) is 0 Å². The highest BCUT2D eigenvalue weighted by molar-refractivity contribution is 5.42. The average molecular weight is 393 g/mol. The molecule has 146 valence electrons. The number of imidazole rings is 1. The Balaban J connectivity index is 1.93. The average Bonchev–Trinajstić information content (AvgIpc) is 2.87. The first kappa shape index (κ1) is 19.2. The van der Waals surface area contributed by atoms with Crippen LogP contribution in [0.4, 0.5) is 18.9 Å². The molecule has 0 saturated carbocycles. The van der Waals surface area contributed by atoms with Gasteiger partial charge in [-0.15, -0.1) is 0 Å². The van der Waals surface area contributed by atoms with Crippen LogP contribution in [0.3, 0.4) is 0 Å². The summed E-state index contributed by atoms with van der Waals surface area (Å²) in [5.41, 5.74) is -0.495. The topological polar surface area (TPSA) is 90.3 Å². The van der Waals surface area contributed by atoms with Crippen LogP contribution in [0.1, 0.15) is 16.7 Å². The lowest BCUT2D eigenvalue weighted by Crippen LogP contribution is -2.23. The number of aryl methyl sites for hydroxylation is 1. The van der Waals surface area contributed by atoms with E-state index in [1.807, 2.05) is 0 Å². The molecule has 0 aliphatic rings. The van der Waals surface area contributed by atoms with Crippen molar-refractivity contribution in [3.05, 3.63) is 86.0 Å². The van der Waals surface area contributed by atoms with Gasteiger partial charge in [-0.05, 0) is 42.8 Å². The van der Waals surface area contributed by atoms with E-state index in [1.54, 1.807) is 13.0 Å². The molecule has 10 heteroatoms. The molecule has 28 heavy (non-hydrogen) atoms. The number of aromatic nitrogens is 2. The fraction of sp³-hybridized carbons (Fsp3) is 0.167. The zero-order chi connectivity index (χ0) is 20.6. The van der Waals surface area contributed by atoms with Crippen LogP contribution in [0.15, 0.2) is 53.5 Å². The first-order chi connectivity index (χ1) is 13.1. The SMILES string of the molecule is Cc1cc(Cn2cc(O)n(-c3ccc(C(F)(F)F)cc3)c2=O)ccc1[N+](=O)[O-]. The molecule has 0 atom stereocenters. The van der Waals surface area contributed by atoms with Crippen molar-refractivity contribution in [2.24, 2.45) is 0 Å². The molecule has 0 spiro atoms. The van der Waals surface area contributed by atoms with Crippen molar-refractivity contribution in [2.45, 2.75) is 19.6 Å². The molecular formula is C18H14F3N3O4. The van der Waals surface area contributed by atoms with Gasteiger partial charge in [0.1, 0.15) is 0 Å². The van der Waals surface area contributed by atoms with Crippen LogP contribution < -0.4 is 5.69 Å². The molecule has 1 N–H and O–H groups in total. The van der Waals surface area contributed by atoms with Gasteiger partial charge in [-0.1, -0.05) is 6.07 Å². The molecule has 0 amide bonds. The summed E-state index contributed by atoms with van der Waals surface area (Å²) < 4.78 is 40.1. The third-order valence-corrected chi connectivity index (χ3v) is 4.20. The van der Waals surface area contributed by atoms with Gasteiger partial charge in [0.15, 0.2) is 0 Å². The molecule has 0 radical (unpaired) electrons. The van der Waals surface area contributed by atoms with Crippen molar-refractivity contribution in [1.82, 2.24) is 9.13 Å². The van der Waals surface area contributed by atoms with E-state index >= 15 is 0 Å². The number of rotatable bonds is 4. The van der Waals surface area contributed by atoms with E-state index in [0.29, 0.717) is 11.1 Å². The van der Waals surface area contributed by atoms with Crippen LogP contribution in [-0.2, 0) is 12.7 Å². The van der Waals surface area contributed by atoms with E-state index in [2.05, 4.69) is 0 Å². The molecule has 0 fully saturated rings. The van der Waals surface area contributed by atoms with Crippen LogP contribution in [-0.4, -0.2) is 19.2 Å². The van der Waals surface area contributed by atoms with Gasteiger partial charge < -0.3 is 5.11 Å². The largest absolute Gasteiger partial charge is 0.493 e. The third-order valence-electron chi connectivity index (χ3n) is 4.20. The third kappa shape index (κ3) is 3.61. The Morgan fingerprint density at radius 1 is 1.14 bits per heavy atom. The molecule has 0 bridgehead atoms. The Morgan fingerprint density at radius 2 is 1.79 bits per heavy atom. The molecule has 0 unspecified atom stereocenters. The Morgan fingerprint density at radius 3 is 2.32 bits per heavy atom. The summed E-state index contributed by atoms with van der Waals surface area (Å²) in [6.07, 6.45) is -3.36. The zero-order valence-electron chi connectivity index (χ0n) is 14.5. The summed E-state index contributed by atoms with van der Waals surface area (Å²) in [6.45, 7) is 1.59. The van der Waals surface area contributed by atoms with E-state index in [0.717, 1.165) is 39.6 Å². The normalized spacial score (nSPS) is 11.6. The predicted molar refractivity (Wildman–Crippen MR) is 93.6 cm³/mol. The number of nitro benzene ring substituents is 1. The first-order valence-electron chi connectivity index (χ1n) is 8.00. The van der Waals surface area contributed by atoms with Crippen LogP contribution in [0, 0.1) is 17.0 Å². The van der Waals surface area contributed by atoms with E-state index in [4.69, 9.17) is 0 Å². The van der Waals surface area contributed by atoms with Gasteiger partial charge in [-0.2, -0.15) is 13.2 Å². The van der Waals surface area contributed by atoms with Crippen LogP contribution in [0.25, 0.3) is 5.69 Å². The maximum absolute atomic E-state index is 12.7. The summed E-state index contributed by atoms with van der Waals surface area (Å²) in [5.74, 6) is -0.441. The molecule has 1 heterocycles. The van der Waals surface area contributed by atoms with Gasteiger partial charge >= 0.3 is 11.9 Å². The minimum Gasteiger partial charge on any atom is -0.493 e. The minimum absolute atomic E-state index is 0.0266. The highest BCUT2D eigenvalue weighted by Gasteiger charge is 2.30. The predicted octanol–water partition coefficient (Wildman–Crippen LogP) is 3.63. The highest BCUT2D eigenvalue weighted by atomic mass is 19.4. The summed E-state index contributed by atoms with van der Waals surface area (Å²) >= 11 is 0. The number of alkyl halides is 3. The molecule has 7 nitrogen and oxygen atoms in total. The van der Waals surface area contributed by atoms with E-state index in [1.165, 1.54) is 12.1 Å². The smallest absolute Gasteiger partial charge is 0.416 e. The van der Waals surface area contributed by atoms with Gasteiger partial charge in [0, 0.05) is 11.6 Å². The Bertz CT molecular complexity index is 1100. The molecule has 1 aromatic heterocycles. The molecular weight excluding hydrogens is 379 g/mol. The fourth-order valence-corrected chi connectivity index (χ4v) is 2.85. The molecule has 0 aliphatic heterocycles. The number of hydrogen-bond donors (Lipinski definition) is 1. The van der Waals surface area contributed by atoms with Crippen LogP contribution >= 0.6 is 0 Å². The van der Waals surface area contributed by atoms with Crippen molar-refractivity contribution < 1.29 is 23.2 Å². The summed E-state index contributed by atoms with van der Waals surface area (Å²) in [4.78, 5) is 22.9. The number of benzene rings is 2. The quantitative estimate of drug-likeness (QED) is 0.541. The van der Waals surface area contributed by atoms with Gasteiger partial charge in [0.2, 0.25) is 5.88 Å². The first-order valence-corrected chi connectivity index (χ1v) is 8.00. The maximum Gasteiger partial charge on any atom is 0.416 e. The molecule has 3 rings (SSSR count). The monoisotopic (exact) mass is 393 g/mol. The highest BCUT2D eigenvalue weighted by Crippen LogP contribution is 2.30. The maximum atomic E-state index is 12.7. The van der Waals surface area contributed by atoms with E-state index in [9.17, 15) is 33.2 Å². The van der Waals surface area contributed by atoms with Crippen LogP contribution in [0.2, 0.25) is 0 Å². The van der Waals surface area contributed by atoms with Gasteiger partial charge in [0.05, 0.1) is 28.9 Å². The Hall–Kier alpha value is -3.56. The van der Waals surface area contributed by atoms with Crippen LogP contribution in [0.5, 0.6) is 5.88 Å². The molecule has 0 saturated heterocycles. The minimum atomic E-state index is -4.51. The standard InChI is InChI=1S/C18H14F3N3O4/c1-11-8-12(2-7-15(11)24(27)28)9-22-10-16(25)23(17(22)26)14-5-3-13(4-6-14)18(19,20)21/h2-8,10,25H,9H2,1H3. The number of nitrogens with zero attached hydrogens (tertiary/aromatic N) is 3. The lowest BCUT2D eigenvalue weighted by molar-refractivity contribution is -0.385. The Labute approximate surface area is 156 Å². The number of hydrogen-bond acceptors (Lipinski definition) is 4. The molecule has 2 aromatic carbocycles. The summed E-state index contributed by atoms with van der Waals surface area (Å²) in [7, 11) is 0. The second-order valence-electron chi connectivity index (χ2n) is 6.16. The van der Waals surface area contributed by atoms with E-state index in [-0.39, 0.29) is 17.9 Å². The van der Waals surface area contributed by atoms with Gasteiger partial charge in [-0.25, -0.2) is 9.36 Å². The molecule has 3 aromatic rings. The summed E-state index contributed by atoms with van der Waals surface area (Å²) in [5, 5.41) is 21.0. The second-order valence-corrected chi connectivity index (χ2v) is 6.16. The number of nitro groups is 1. The van der Waals surface area contributed by atoms with Crippen molar-refractivity contribution >= 4 is 5.69 Å².